The molecule has 1 amide bonds. The lowest BCUT2D eigenvalue weighted by Gasteiger charge is -2.08. The summed E-state index contributed by atoms with van der Waals surface area (Å²) in [7, 11) is 1.51. The molecule has 2 aromatic carbocycles. The minimum Gasteiger partial charge on any atom is -0.495 e. The lowest BCUT2D eigenvalue weighted by molar-refractivity contribution is 0.102. The van der Waals surface area contributed by atoms with Gasteiger partial charge in [-0.25, -0.2) is 0 Å². The molecule has 0 saturated carbocycles. The van der Waals surface area contributed by atoms with Crippen LogP contribution in [-0.4, -0.2) is 13.0 Å². The van der Waals surface area contributed by atoms with Crippen molar-refractivity contribution >= 4 is 17.3 Å². The number of amides is 1. The van der Waals surface area contributed by atoms with E-state index >= 15 is 0 Å². The highest BCUT2D eigenvalue weighted by Gasteiger charge is 2.09. The second-order valence-corrected chi connectivity index (χ2v) is 4.10. The third kappa shape index (κ3) is 2.87. The molecule has 0 saturated heterocycles. The van der Waals surface area contributed by atoms with Crippen LogP contribution in [0.2, 0.25) is 0 Å². The summed E-state index contributed by atoms with van der Waals surface area (Å²) in [5.41, 5.74) is 7.62. The Hall–Kier alpha value is -3.00. The summed E-state index contributed by atoms with van der Waals surface area (Å²) in [6, 6.07) is 13.5. The zero-order valence-electron chi connectivity index (χ0n) is 10.9. The molecule has 0 aromatic heterocycles. The fourth-order valence-electron chi connectivity index (χ4n) is 1.75. The van der Waals surface area contributed by atoms with E-state index in [1.807, 2.05) is 6.07 Å². The number of carbonyl (C=O) groups is 1. The average molecular weight is 267 g/mol. The van der Waals surface area contributed by atoms with Crippen molar-refractivity contribution in [3.63, 3.8) is 0 Å². The number of nitrogens with zero attached hydrogens (tertiary/aromatic N) is 1. The maximum Gasteiger partial charge on any atom is 0.255 e. The first-order valence-corrected chi connectivity index (χ1v) is 5.89. The van der Waals surface area contributed by atoms with Crippen molar-refractivity contribution in [1.29, 1.82) is 5.26 Å². The Morgan fingerprint density at radius 1 is 1.30 bits per heavy atom. The Kier molecular flexibility index (Phi) is 3.87. The molecule has 0 bridgehead atoms. The van der Waals surface area contributed by atoms with E-state index < -0.39 is 0 Å². The van der Waals surface area contributed by atoms with Gasteiger partial charge in [-0.2, -0.15) is 5.26 Å². The molecule has 0 unspecified atom stereocenters. The minimum atomic E-state index is -0.297. The van der Waals surface area contributed by atoms with Gasteiger partial charge >= 0.3 is 0 Å². The predicted octanol–water partition coefficient (Wildman–Crippen LogP) is 2.40. The topological polar surface area (TPSA) is 88.1 Å². The van der Waals surface area contributed by atoms with E-state index in [0.29, 0.717) is 28.3 Å². The number of nitrogens with two attached hydrogens (primary N) is 1. The van der Waals surface area contributed by atoms with Crippen molar-refractivity contribution in [2.24, 2.45) is 0 Å². The van der Waals surface area contributed by atoms with Gasteiger partial charge in [-0.15, -0.1) is 0 Å². The smallest absolute Gasteiger partial charge is 0.255 e. The van der Waals surface area contributed by atoms with Crippen LogP contribution < -0.4 is 15.8 Å². The van der Waals surface area contributed by atoms with Gasteiger partial charge in [0.1, 0.15) is 5.75 Å². The van der Waals surface area contributed by atoms with Gasteiger partial charge in [0.25, 0.3) is 5.91 Å². The third-order valence-electron chi connectivity index (χ3n) is 2.74. The first-order valence-electron chi connectivity index (χ1n) is 5.89. The molecule has 100 valence electrons. The number of carbonyl (C=O) groups excluding carboxylic acids is 1. The lowest BCUT2D eigenvalue weighted by Crippen LogP contribution is -2.12. The Labute approximate surface area is 116 Å². The van der Waals surface area contributed by atoms with Crippen LogP contribution in [0.15, 0.2) is 42.5 Å². The summed E-state index contributed by atoms with van der Waals surface area (Å²) in [5.74, 6) is 0.225. The highest BCUT2D eigenvalue weighted by Crippen LogP contribution is 2.22. The van der Waals surface area contributed by atoms with Gasteiger partial charge in [-0.3, -0.25) is 4.79 Å². The maximum atomic E-state index is 12.1. The zero-order valence-corrected chi connectivity index (χ0v) is 10.9. The van der Waals surface area contributed by atoms with Crippen molar-refractivity contribution in [3.05, 3.63) is 53.6 Å². The van der Waals surface area contributed by atoms with Crippen molar-refractivity contribution in [3.8, 4) is 11.8 Å². The number of ether oxygens (including phenoxy) is 1. The third-order valence-corrected chi connectivity index (χ3v) is 2.74. The number of anilines is 2. The fraction of sp³-hybridized carbons (Fsp3) is 0.0667. The first kappa shape index (κ1) is 13.4. The van der Waals surface area contributed by atoms with E-state index in [4.69, 9.17) is 15.7 Å². The molecular formula is C15H13N3O2. The molecule has 2 aromatic rings. The number of hydrogen-bond acceptors (Lipinski definition) is 4. The van der Waals surface area contributed by atoms with Crippen LogP contribution in [0.4, 0.5) is 11.4 Å². The Morgan fingerprint density at radius 2 is 2.10 bits per heavy atom. The predicted molar refractivity (Wildman–Crippen MR) is 76.5 cm³/mol. The summed E-state index contributed by atoms with van der Waals surface area (Å²) < 4.78 is 5.04. The van der Waals surface area contributed by atoms with Gasteiger partial charge in [0.05, 0.1) is 24.4 Å². The molecule has 3 N–H and O–H groups in total. The number of rotatable bonds is 3. The summed E-state index contributed by atoms with van der Waals surface area (Å²) in [6.45, 7) is 0. The standard InChI is InChI=1S/C15H13N3O2/c1-20-14-6-5-11(8-13(14)17)15(19)18-12-4-2-3-10(7-12)9-16/h2-8H,17H2,1H3,(H,18,19). The zero-order chi connectivity index (χ0) is 14.5. The highest BCUT2D eigenvalue weighted by atomic mass is 16.5. The first-order chi connectivity index (χ1) is 9.63. The van der Waals surface area contributed by atoms with E-state index in [0.717, 1.165) is 0 Å². The highest BCUT2D eigenvalue weighted by molar-refractivity contribution is 6.05. The number of nitriles is 1. The quantitative estimate of drug-likeness (QED) is 0.836. The normalized spacial score (nSPS) is 9.60. The van der Waals surface area contributed by atoms with Crippen LogP contribution in [-0.2, 0) is 0 Å². The number of nitrogens with one attached hydrogen (secondary N) is 1. The SMILES string of the molecule is COc1ccc(C(=O)Nc2cccc(C#N)c2)cc1N. The molecular weight excluding hydrogens is 254 g/mol. The summed E-state index contributed by atoms with van der Waals surface area (Å²) in [5, 5.41) is 11.5. The molecule has 0 aliphatic carbocycles. The molecule has 0 radical (unpaired) electrons. The Bertz CT molecular complexity index is 690. The van der Waals surface area contributed by atoms with Gasteiger partial charge in [-0.1, -0.05) is 6.07 Å². The second-order valence-electron chi connectivity index (χ2n) is 4.10. The monoisotopic (exact) mass is 267 g/mol. The minimum absolute atomic E-state index is 0.297. The van der Waals surface area contributed by atoms with Crippen molar-refractivity contribution < 1.29 is 9.53 Å². The summed E-state index contributed by atoms with van der Waals surface area (Å²) in [6.07, 6.45) is 0. The van der Waals surface area contributed by atoms with Crippen LogP contribution in [0.25, 0.3) is 0 Å². The van der Waals surface area contributed by atoms with Crippen molar-refractivity contribution in [2.45, 2.75) is 0 Å². The molecule has 0 aliphatic heterocycles. The van der Waals surface area contributed by atoms with E-state index in [9.17, 15) is 4.79 Å². The number of hydrogen-bond donors (Lipinski definition) is 2. The molecule has 2 rings (SSSR count). The van der Waals surface area contributed by atoms with E-state index in [1.165, 1.54) is 7.11 Å². The van der Waals surface area contributed by atoms with Crippen molar-refractivity contribution in [2.75, 3.05) is 18.2 Å². The van der Waals surface area contributed by atoms with Gasteiger partial charge in [-0.05, 0) is 36.4 Å². The van der Waals surface area contributed by atoms with Gasteiger partial charge < -0.3 is 15.8 Å². The maximum absolute atomic E-state index is 12.1. The molecule has 5 nitrogen and oxygen atoms in total. The van der Waals surface area contributed by atoms with Crippen LogP contribution in [0.5, 0.6) is 5.75 Å². The van der Waals surface area contributed by atoms with E-state index in [-0.39, 0.29) is 5.91 Å². The number of benzene rings is 2. The molecule has 0 aliphatic rings. The molecule has 0 fully saturated rings. The largest absolute Gasteiger partial charge is 0.495 e. The number of methoxy groups -OCH3 is 1. The van der Waals surface area contributed by atoms with Crippen molar-refractivity contribution in [1.82, 2.24) is 0 Å². The summed E-state index contributed by atoms with van der Waals surface area (Å²) in [4.78, 5) is 12.1. The van der Waals surface area contributed by atoms with E-state index in [2.05, 4.69) is 5.32 Å². The summed E-state index contributed by atoms with van der Waals surface area (Å²) >= 11 is 0. The lowest BCUT2D eigenvalue weighted by atomic mass is 10.1. The van der Waals surface area contributed by atoms with Gasteiger partial charge in [0.2, 0.25) is 0 Å². The molecule has 0 heterocycles. The second kappa shape index (κ2) is 5.76. The fourth-order valence-corrected chi connectivity index (χ4v) is 1.75. The van der Waals surface area contributed by atoms with Crippen LogP contribution in [0, 0.1) is 11.3 Å². The van der Waals surface area contributed by atoms with Gasteiger partial charge in [0.15, 0.2) is 0 Å². The molecule has 0 spiro atoms. The Balaban J connectivity index is 2.19. The molecule has 5 heteroatoms. The molecule has 20 heavy (non-hydrogen) atoms. The average Bonchev–Trinajstić information content (AvgIpc) is 2.47. The number of nitrogen functional groups attached to an aromatic ring is 1. The van der Waals surface area contributed by atoms with Crippen LogP contribution >= 0.6 is 0 Å². The van der Waals surface area contributed by atoms with Crippen LogP contribution in [0.1, 0.15) is 15.9 Å². The van der Waals surface area contributed by atoms with E-state index in [1.54, 1.807) is 42.5 Å². The van der Waals surface area contributed by atoms with Gasteiger partial charge in [0, 0.05) is 11.3 Å². The molecule has 0 atom stereocenters. The Morgan fingerprint density at radius 3 is 2.75 bits per heavy atom. The van der Waals surface area contributed by atoms with Crippen LogP contribution in [0.3, 0.4) is 0 Å².